The summed E-state index contributed by atoms with van der Waals surface area (Å²) in [5, 5.41) is 19.1. The Morgan fingerprint density at radius 3 is 2.22 bits per heavy atom. The van der Waals surface area contributed by atoms with E-state index >= 15 is 0 Å². The van der Waals surface area contributed by atoms with Crippen LogP contribution in [-0.2, 0) is 0 Å². The lowest BCUT2D eigenvalue weighted by Crippen LogP contribution is -2.09. The van der Waals surface area contributed by atoms with Crippen molar-refractivity contribution in [1.82, 2.24) is 0 Å². The maximum absolute atomic E-state index is 9.95. The Balaban J connectivity index is 1.93. The topological polar surface area (TPSA) is 49.7 Å². The SMILES string of the molecule is Cc1ccc(C(O)COc2ccc(O)cc2)cc1. The number of phenolic OH excluding ortho intramolecular Hbond substituents is 1. The number of hydrogen-bond donors (Lipinski definition) is 2. The quantitative estimate of drug-likeness (QED) is 0.869. The molecular formula is C15H16O3. The molecule has 2 aromatic rings. The fourth-order valence-corrected chi connectivity index (χ4v) is 1.60. The minimum atomic E-state index is -0.653. The molecule has 3 heteroatoms. The molecule has 0 radical (unpaired) electrons. The summed E-state index contributed by atoms with van der Waals surface area (Å²) in [4.78, 5) is 0. The van der Waals surface area contributed by atoms with Gasteiger partial charge < -0.3 is 14.9 Å². The summed E-state index contributed by atoms with van der Waals surface area (Å²) < 4.78 is 5.45. The third-order valence-electron chi connectivity index (χ3n) is 2.71. The second-order valence-electron chi connectivity index (χ2n) is 4.23. The lowest BCUT2D eigenvalue weighted by Gasteiger charge is -2.13. The summed E-state index contributed by atoms with van der Waals surface area (Å²) in [6.45, 7) is 2.19. The van der Waals surface area contributed by atoms with Gasteiger partial charge in [-0.3, -0.25) is 0 Å². The largest absolute Gasteiger partial charge is 0.508 e. The average Bonchev–Trinajstić information content (AvgIpc) is 2.38. The molecule has 1 atom stereocenters. The summed E-state index contributed by atoms with van der Waals surface area (Å²) >= 11 is 0. The molecule has 18 heavy (non-hydrogen) atoms. The van der Waals surface area contributed by atoms with E-state index in [9.17, 15) is 5.11 Å². The van der Waals surface area contributed by atoms with Gasteiger partial charge in [-0.05, 0) is 36.8 Å². The molecule has 0 saturated carbocycles. The first-order valence-electron chi connectivity index (χ1n) is 5.81. The molecule has 0 heterocycles. The summed E-state index contributed by atoms with van der Waals surface area (Å²) in [6, 6.07) is 14.1. The van der Waals surface area contributed by atoms with Crippen LogP contribution in [0, 0.1) is 6.92 Å². The standard InChI is InChI=1S/C15H16O3/c1-11-2-4-12(5-3-11)15(17)10-18-14-8-6-13(16)7-9-14/h2-9,15-17H,10H2,1H3. The Kier molecular flexibility index (Phi) is 3.85. The van der Waals surface area contributed by atoms with Crippen LogP contribution in [0.5, 0.6) is 11.5 Å². The van der Waals surface area contributed by atoms with E-state index in [-0.39, 0.29) is 12.4 Å². The highest BCUT2D eigenvalue weighted by atomic mass is 16.5. The first-order chi connectivity index (χ1) is 8.65. The highest BCUT2D eigenvalue weighted by molar-refractivity contribution is 5.30. The van der Waals surface area contributed by atoms with E-state index in [0.717, 1.165) is 11.1 Å². The van der Waals surface area contributed by atoms with E-state index < -0.39 is 6.10 Å². The smallest absolute Gasteiger partial charge is 0.119 e. The zero-order valence-corrected chi connectivity index (χ0v) is 10.2. The van der Waals surface area contributed by atoms with Gasteiger partial charge in [0.2, 0.25) is 0 Å². The van der Waals surface area contributed by atoms with Crippen LogP contribution in [0.2, 0.25) is 0 Å². The summed E-state index contributed by atoms with van der Waals surface area (Å²) in [6.07, 6.45) is -0.653. The average molecular weight is 244 g/mol. The van der Waals surface area contributed by atoms with Crippen LogP contribution in [0.3, 0.4) is 0 Å². The summed E-state index contributed by atoms with van der Waals surface area (Å²) in [5.74, 6) is 0.820. The van der Waals surface area contributed by atoms with Crippen LogP contribution in [0.1, 0.15) is 17.2 Å². The molecule has 0 aromatic heterocycles. The van der Waals surface area contributed by atoms with E-state index in [1.165, 1.54) is 0 Å². The van der Waals surface area contributed by atoms with Crippen LogP contribution >= 0.6 is 0 Å². The lowest BCUT2D eigenvalue weighted by molar-refractivity contribution is 0.108. The predicted molar refractivity (Wildman–Crippen MR) is 69.7 cm³/mol. The molecule has 2 rings (SSSR count). The highest BCUT2D eigenvalue weighted by Gasteiger charge is 2.08. The highest BCUT2D eigenvalue weighted by Crippen LogP contribution is 2.19. The maximum atomic E-state index is 9.95. The van der Waals surface area contributed by atoms with Crippen molar-refractivity contribution in [2.24, 2.45) is 0 Å². The first-order valence-corrected chi connectivity index (χ1v) is 5.81. The second kappa shape index (κ2) is 5.56. The van der Waals surface area contributed by atoms with Gasteiger partial charge in [0.25, 0.3) is 0 Å². The van der Waals surface area contributed by atoms with Crippen molar-refractivity contribution >= 4 is 0 Å². The fourth-order valence-electron chi connectivity index (χ4n) is 1.60. The molecule has 0 spiro atoms. The van der Waals surface area contributed by atoms with Gasteiger partial charge in [0.05, 0.1) is 0 Å². The van der Waals surface area contributed by atoms with Gasteiger partial charge in [-0.15, -0.1) is 0 Å². The van der Waals surface area contributed by atoms with E-state index in [0.29, 0.717) is 5.75 Å². The first kappa shape index (κ1) is 12.5. The number of hydrogen-bond acceptors (Lipinski definition) is 3. The second-order valence-corrected chi connectivity index (χ2v) is 4.23. The molecule has 0 bridgehead atoms. The minimum Gasteiger partial charge on any atom is -0.508 e. The van der Waals surface area contributed by atoms with E-state index in [2.05, 4.69) is 0 Å². The number of rotatable bonds is 4. The number of phenols is 1. The van der Waals surface area contributed by atoms with Gasteiger partial charge in [0, 0.05) is 0 Å². The van der Waals surface area contributed by atoms with Crippen molar-refractivity contribution in [3.8, 4) is 11.5 Å². The number of aryl methyl sites for hydroxylation is 1. The molecule has 0 amide bonds. The number of aromatic hydroxyl groups is 1. The van der Waals surface area contributed by atoms with Gasteiger partial charge in [-0.2, -0.15) is 0 Å². The Morgan fingerprint density at radius 2 is 1.61 bits per heavy atom. The van der Waals surface area contributed by atoms with Crippen LogP contribution in [0.25, 0.3) is 0 Å². The molecule has 2 N–H and O–H groups in total. The normalized spacial score (nSPS) is 12.1. The van der Waals surface area contributed by atoms with Gasteiger partial charge >= 0.3 is 0 Å². The van der Waals surface area contributed by atoms with Crippen molar-refractivity contribution in [1.29, 1.82) is 0 Å². The molecule has 0 aliphatic carbocycles. The molecule has 1 unspecified atom stereocenters. The summed E-state index contributed by atoms with van der Waals surface area (Å²) in [5.41, 5.74) is 1.99. The molecule has 94 valence electrons. The fraction of sp³-hybridized carbons (Fsp3) is 0.200. The number of ether oxygens (including phenoxy) is 1. The van der Waals surface area contributed by atoms with E-state index in [1.54, 1.807) is 24.3 Å². The van der Waals surface area contributed by atoms with Crippen molar-refractivity contribution in [3.63, 3.8) is 0 Å². The Bertz CT molecular complexity index is 488. The Morgan fingerprint density at radius 1 is 1.00 bits per heavy atom. The predicted octanol–water partition coefficient (Wildman–Crippen LogP) is 2.81. The zero-order chi connectivity index (χ0) is 13.0. The molecule has 0 aliphatic heterocycles. The number of aliphatic hydroxyl groups is 1. The third-order valence-corrected chi connectivity index (χ3v) is 2.71. The van der Waals surface area contributed by atoms with E-state index in [1.807, 2.05) is 31.2 Å². The van der Waals surface area contributed by atoms with Crippen molar-refractivity contribution in [2.45, 2.75) is 13.0 Å². The van der Waals surface area contributed by atoms with Crippen molar-refractivity contribution in [2.75, 3.05) is 6.61 Å². The van der Waals surface area contributed by atoms with Gasteiger partial charge in [-0.1, -0.05) is 29.8 Å². The van der Waals surface area contributed by atoms with Gasteiger partial charge in [-0.25, -0.2) is 0 Å². The Labute approximate surface area is 106 Å². The number of aliphatic hydroxyl groups excluding tert-OH is 1. The monoisotopic (exact) mass is 244 g/mol. The molecule has 0 fully saturated rings. The molecule has 3 nitrogen and oxygen atoms in total. The molecule has 0 aliphatic rings. The number of benzene rings is 2. The van der Waals surface area contributed by atoms with Gasteiger partial charge in [0.15, 0.2) is 0 Å². The molecular weight excluding hydrogens is 228 g/mol. The van der Waals surface area contributed by atoms with Crippen LogP contribution in [0.15, 0.2) is 48.5 Å². The van der Waals surface area contributed by atoms with Gasteiger partial charge in [0.1, 0.15) is 24.2 Å². The van der Waals surface area contributed by atoms with Crippen LogP contribution in [-0.4, -0.2) is 16.8 Å². The molecule has 2 aromatic carbocycles. The maximum Gasteiger partial charge on any atom is 0.119 e. The zero-order valence-electron chi connectivity index (χ0n) is 10.2. The van der Waals surface area contributed by atoms with Crippen molar-refractivity contribution in [3.05, 3.63) is 59.7 Å². The van der Waals surface area contributed by atoms with Crippen LogP contribution in [0.4, 0.5) is 0 Å². The molecule has 0 saturated heterocycles. The lowest BCUT2D eigenvalue weighted by atomic mass is 10.1. The van der Waals surface area contributed by atoms with E-state index in [4.69, 9.17) is 9.84 Å². The van der Waals surface area contributed by atoms with Crippen molar-refractivity contribution < 1.29 is 14.9 Å². The minimum absolute atomic E-state index is 0.188. The Hall–Kier alpha value is -2.00. The summed E-state index contributed by atoms with van der Waals surface area (Å²) in [7, 11) is 0. The van der Waals surface area contributed by atoms with Crippen LogP contribution < -0.4 is 4.74 Å². The third kappa shape index (κ3) is 3.25.